The number of carbonyl (C=O) groups excluding carboxylic acids is 1. The highest BCUT2D eigenvalue weighted by molar-refractivity contribution is 7.10. The zero-order valence-electron chi connectivity index (χ0n) is 17.9. The molecule has 0 radical (unpaired) electrons. The van der Waals surface area contributed by atoms with E-state index in [0.717, 1.165) is 36.4 Å². The Kier molecular flexibility index (Phi) is 6.32. The zero-order valence-corrected chi connectivity index (χ0v) is 18.8. The number of amides is 1. The van der Waals surface area contributed by atoms with Gasteiger partial charge in [0.2, 0.25) is 11.7 Å². The molecule has 0 bridgehead atoms. The Balaban J connectivity index is 1.51. The number of fused-ring (bicyclic) bond motifs is 1. The first-order valence-electron chi connectivity index (χ1n) is 10.1. The number of thiophene rings is 1. The van der Waals surface area contributed by atoms with E-state index in [1.165, 1.54) is 10.4 Å². The molecule has 1 N–H and O–H groups in total. The number of benzene rings is 2. The van der Waals surface area contributed by atoms with Crippen LogP contribution >= 0.6 is 11.3 Å². The van der Waals surface area contributed by atoms with Gasteiger partial charge in [0, 0.05) is 18.0 Å². The number of rotatable bonds is 7. The molecule has 1 amide bonds. The molecule has 162 valence electrons. The SMILES string of the molecule is COc1cc(CC(=O)Nc2ccccc2N2CCc3sccc3C2)cc(OC)c1OC. The fourth-order valence-corrected chi connectivity index (χ4v) is 4.82. The molecule has 1 aliphatic heterocycles. The van der Waals surface area contributed by atoms with Gasteiger partial charge in [0.1, 0.15) is 0 Å². The van der Waals surface area contributed by atoms with E-state index in [0.29, 0.717) is 17.2 Å². The maximum absolute atomic E-state index is 12.9. The van der Waals surface area contributed by atoms with Crippen LogP contribution in [0.2, 0.25) is 0 Å². The molecule has 0 fully saturated rings. The quantitative estimate of drug-likeness (QED) is 0.588. The fourth-order valence-electron chi connectivity index (χ4n) is 3.93. The van der Waals surface area contributed by atoms with E-state index >= 15 is 0 Å². The van der Waals surface area contributed by atoms with Crippen molar-refractivity contribution in [1.82, 2.24) is 0 Å². The molecule has 0 unspecified atom stereocenters. The summed E-state index contributed by atoms with van der Waals surface area (Å²) in [5.41, 5.74) is 4.01. The lowest BCUT2D eigenvalue weighted by Gasteiger charge is -2.30. The van der Waals surface area contributed by atoms with Gasteiger partial charge < -0.3 is 24.4 Å². The summed E-state index contributed by atoms with van der Waals surface area (Å²) in [5, 5.41) is 5.24. The zero-order chi connectivity index (χ0) is 21.8. The maximum Gasteiger partial charge on any atom is 0.228 e. The number of para-hydroxylation sites is 2. The number of carbonyl (C=O) groups is 1. The van der Waals surface area contributed by atoms with Crippen molar-refractivity contribution in [2.45, 2.75) is 19.4 Å². The summed E-state index contributed by atoms with van der Waals surface area (Å²) in [6, 6.07) is 13.8. The van der Waals surface area contributed by atoms with Gasteiger partial charge in [-0.15, -0.1) is 11.3 Å². The van der Waals surface area contributed by atoms with Gasteiger partial charge in [0.15, 0.2) is 11.5 Å². The van der Waals surface area contributed by atoms with E-state index in [1.54, 1.807) is 33.5 Å². The Labute approximate surface area is 186 Å². The Morgan fingerprint density at radius 2 is 1.81 bits per heavy atom. The van der Waals surface area contributed by atoms with Gasteiger partial charge in [-0.1, -0.05) is 12.1 Å². The second-order valence-corrected chi connectivity index (χ2v) is 8.32. The van der Waals surface area contributed by atoms with Gasteiger partial charge in [-0.3, -0.25) is 4.79 Å². The van der Waals surface area contributed by atoms with Gasteiger partial charge in [0.25, 0.3) is 0 Å². The van der Waals surface area contributed by atoms with Crippen LogP contribution in [0.5, 0.6) is 17.2 Å². The number of nitrogens with zero attached hydrogens (tertiary/aromatic N) is 1. The van der Waals surface area contributed by atoms with Gasteiger partial charge in [-0.05, 0) is 53.3 Å². The summed E-state index contributed by atoms with van der Waals surface area (Å²) in [7, 11) is 4.69. The van der Waals surface area contributed by atoms with E-state index < -0.39 is 0 Å². The van der Waals surface area contributed by atoms with Crippen LogP contribution in [0.4, 0.5) is 11.4 Å². The van der Waals surface area contributed by atoms with Crippen molar-refractivity contribution in [3.8, 4) is 17.2 Å². The normalized spacial score (nSPS) is 12.8. The average Bonchev–Trinajstić information content (AvgIpc) is 3.26. The lowest BCUT2D eigenvalue weighted by molar-refractivity contribution is -0.115. The molecule has 3 aromatic rings. The van der Waals surface area contributed by atoms with Gasteiger partial charge in [0.05, 0.1) is 39.1 Å². The molecule has 1 aromatic heterocycles. The first kappa shape index (κ1) is 21.1. The number of nitrogens with one attached hydrogen (secondary N) is 1. The highest BCUT2D eigenvalue weighted by Gasteiger charge is 2.20. The van der Waals surface area contributed by atoms with Crippen LogP contribution in [0.15, 0.2) is 47.8 Å². The summed E-state index contributed by atoms with van der Waals surface area (Å²) >= 11 is 1.82. The minimum atomic E-state index is -0.102. The van der Waals surface area contributed by atoms with Crippen LogP contribution in [0.25, 0.3) is 0 Å². The third kappa shape index (κ3) is 4.46. The number of hydrogen-bond donors (Lipinski definition) is 1. The molecule has 7 heteroatoms. The molecule has 0 aliphatic carbocycles. The lowest BCUT2D eigenvalue weighted by atomic mass is 10.1. The van der Waals surface area contributed by atoms with Crippen molar-refractivity contribution >= 4 is 28.6 Å². The third-order valence-electron chi connectivity index (χ3n) is 5.42. The van der Waals surface area contributed by atoms with E-state index in [2.05, 4.69) is 27.7 Å². The molecule has 0 spiro atoms. The van der Waals surface area contributed by atoms with E-state index in [9.17, 15) is 4.79 Å². The first-order chi connectivity index (χ1) is 15.1. The van der Waals surface area contributed by atoms with E-state index in [4.69, 9.17) is 14.2 Å². The highest BCUT2D eigenvalue weighted by Crippen LogP contribution is 2.38. The van der Waals surface area contributed by atoms with Crippen LogP contribution < -0.4 is 24.4 Å². The smallest absolute Gasteiger partial charge is 0.228 e. The topological polar surface area (TPSA) is 60.0 Å². The molecule has 0 atom stereocenters. The molecule has 6 nitrogen and oxygen atoms in total. The van der Waals surface area contributed by atoms with Crippen molar-refractivity contribution in [2.24, 2.45) is 0 Å². The second-order valence-electron chi connectivity index (χ2n) is 7.32. The summed E-state index contributed by atoms with van der Waals surface area (Å²) in [4.78, 5) is 16.7. The highest BCUT2D eigenvalue weighted by atomic mass is 32.1. The first-order valence-corrected chi connectivity index (χ1v) is 11.0. The Bertz CT molecular complexity index is 1050. The number of ether oxygens (including phenoxy) is 3. The van der Waals surface area contributed by atoms with Crippen LogP contribution in [-0.2, 0) is 24.2 Å². The van der Waals surface area contributed by atoms with Gasteiger partial charge in [-0.25, -0.2) is 0 Å². The molecule has 2 aromatic carbocycles. The summed E-state index contributed by atoms with van der Waals surface area (Å²) in [6.45, 7) is 1.80. The number of methoxy groups -OCH3 is 3. The Hall–Kier alpha value is -3.19. The standard InChI is InChI=1S/C24H26N2O4S/c1-28-20-12-16(13-21(29-2)24(20)30-3)14-23(27)25-18-6-4-5-7-19(18)26-10-8-22-17(15-26)9-11-31-22/h4-7,9,11-13H,8,10,14-15H2,1-3H3,(H,25,27). The van der Waals surface area contributed by atoms with Crippen LogP contribution in [0.3, 0.4) is 0 Å². The maximum atomic E-state index is 12.9. The van der Waals surface area contributed by atoms with Crippen LogP contribution in [0, 0.1) is 0 Å². The predicted octanol–water partition coefficient (Wildman–Crippen LogP) is 4.52. The minimum absolute atomic E-state index is 0.102. The molecule has 31 heavy (non-hydrogen) atoms. The fraction of sp³-hybridized carbons (Fsp3) is 0.292. The Morgan fingerprint density at radius 1 is 1.06 bits per heavy atom. The number of hydrogen-bond acceptors (Lipinski definition) is 6. The number of anilines is 2. The van der Waals surface area contributed by atoms with E-state index in [1.807, 2.05) is 29.5 Å². The van der Waals surface area contributed by atoms with Gasteiger partial charge >= 0.3 is 0 Å². The largest absolute Gasteiger partial charge is 0.493 e. The van der Waals surface area contributed by atoms with Crippen molar-refractivity contribution in [3.63, 3.8) is 0 Å². The predicted molar refractivity (Wildman–Crippen MR) is 124 cm³/mol. The molecular weight excluding hydrogens is 412 g/mol. The minimum Gasteiger partial charge on any atom is -0.493 e. The molecule has 4 rings (SSSR count). The molecule has 0 saturated heterocycles. The summed E-state index contributed by atoms with van der Waals surface area (Å²) < 4.78 is 16.2. The van der Waals surface area contributed by atoms with Crippen molar-refractivity contribution in [2.75, 3.05) is 38.1 Å². The van der Waals surface area contributed by atoms with Crippen molar-refractivity contribution in [3.05, 3.63) is 63.8 Å². The summed E-state index contributed by atoms with van der Waals surface area (Å²) in [6.07, 6.45) is 1.22. The third-order valence-corrected chi connectivity index (χ3v) is 6.44. The monoisotopic (exact) mass is 438 g/mol. The van der Waals surface area contributed by atoms with Crippen LogP contribution in [-0.4, -0.2) is 33.8 Å². The Morgan fingerprint density at radius 3 is 2.52 bits per heavy atom. The molecular formula is C24H26N2O4S. The average molecular weight is 439 g/mol. The van der Waals surface area contributed by atoms with Crippen LogP contribution in [0.1, 0.15) is 16.0 Å². The second kappa shape index (κ2) is 9.31. The molecule has 0 saturated carbocycles. The van der Waals surface area contributed by atoms with E-state index in [-0.39, 0.29) is 12.3 Å². The van der Waals surface area contributed by atoms with Gasteiger partial charge in [-0.2, -0.15) is 0 Å². The lowest BCUT2D eigenvalue weighted by Crippen LogP contribution is -2.30. The van der Waals surface area contributed by atoms with Crippen molar-refractivity contribution < 1.29 is 19.0 Å². The molecule has 1 aliphatic rings. The summed E-state index contributed by atoms with van der Waals surface area (Å²) in [5.74, 6) is 1.47. The molecule has 2 heterocycles. The van der Waals surface area contributed by atoms with Crippen molar-refractivity contribution in [1.29, 1.82) is 0 Å².